The summed E-state index contributed by atoms with van der Waals surface area (Å²) in [4.78, 5) is 18.8. The molecule has 0 saturated carbocycles. The molecule has 1 N–H and O–H groups in total. The minimum Gasteiger partial charge on any atom is -0.497 e. The molecule has 178 valence electrons. The average Bonchev–Trinajstić information content (AvgIpc) is 2.88. The summed E-state index contributed by atoms with van der Waals surface area (Å²) in [5, 5.41) is 0. The molecule has 1 fully saturated rings. The Labute approximate surface area is 200 Å². The average molecular weight is 480 g/mol. The van der Waals surface area contributed by atoms with Gasteiger partial charge in [-0.2, -0.15) is 0 Å². The largest absolute Gasteiger partial charge is 0.497 e. The summed E-state index contributed by atoms with van der Waals surface area (Å²) in [5.41, 5.74) is 2.23. The Hall–Kier alpha value is -3.39. The van der Waals surface area contributed by atoms with E-state index in [2.05, 4.69) is 21.8 Å². The van der Waals surface area contributed by atoms with Gasteiger partial charge in [0.15, 0.2) is 0 Å². The number of pyridine rings is 1. The second-order valence-corrected chi connectivity index (χ2v) is 10.2. The van der Waals surface area contributed by atoms with Crippen molar-refractivity contribution in [1.29, 1.82) is 0 Å². The number of nitrogens with one attached hydrogen (secondary N) is 1. The van der Waals surface area contributed by atoms with Gasteiger partial charge in [0.05, 0.1) is 17.7 Å². The number of ether oxygens (including phenoxy) is 1. The fourth-order valence-electron chi connectivity index (χ4n) is 4.18. The normalized spacial score (nSPS) is 14.6. The van der Waals surface area contributed by atoms with Crippen molar-refractivity contribution in [1.82, 2.24) is 9.88 Å². The first-order chi connectivity index (χ1) is 16.4. The highest BCUT2D eigenvalue weighted by Gasteiger charge is 2.24. The van der Waals surface area contributed by atoms with Gasteiger partial charge in [-0.1, -0.05) is 12.1 Å². The van der Waals surface area contributed by atoms with E-state index in [1.165, 1.54) is 30.1 Å². The number of aryl methyl sites for hydroxylation is 1. The third kappa shape index (κ3) is 5.94. The number of rotatable bonds is 8. The maximum absolute atomic E-state index is 12.9. The number of methoxy groups -OCH3 is 1. The van der Waals surface area contributed by atoms with Gasteiger partial charge in [-0.25, -0.2) is 8.42 Å². The smallest absolute Gasteiger partial charge is 0.261 e. The molecule has 34 heavy (non-hydrogen) atoms. The molecule has 2 aromatic carbocycles. The quantitative estimate of drug-likeness (QED) is 0.518. The second-order valence-electron chi connectivity index (χ2n) is 8.49. The van der Waals surface area contributed by atoms with Crippen molar-refractivity contribution < 1.29 is 17.9 Å². The van der Waals surface area contributed by atoms with Crippen LogP contribution in [0.1, 0.15) is 35.2 Å². The van der Waals surface area contributed by atoms with E-state index in [1.54, 1.807) is 31.4 Å². The second kappa shape index (κ2) is 10.7. The Balaban J connectivity index is 1.29. The number of nitrogens with zero attached hydrogens (tertiary/aromatic N) is 2. The van der Waals surface area contributed by atoms with Crippen LogP contribution >= 0.6 is 0 Å². The molecule has 8 heteroatoms. The third-order valence-corrected chi connectivity index (χ3v) is 7.64. The van der Waals surface area contributed by atoms with Gasteiger partial charge in [0.25, 0.3) is 15.9 Å². The van der Waals surface area contributed by atoms with Crippen molar-refractivity contribution in [2.75, 3.05) is 24.9 Å². The maximum Gasteiger partial charge on any atom is 0.261 e. The fourth-order valence-corrected chi connectivity index (χ4v) is 5.24. The standard InChI is InChI=1S/C26H29N3O4S/c1-33-24-8-4-20(5-9-24)2-3-21-14-18-29(19-15-21)26(30)22-6-10-25(11-7-22)34(31,32)28-23-12-16-27-17-13-23/h4-13,16-17,21H,2-3,14-15,18-19H2,1H3,(H,27,28). The van der Waals surface area contributed by atoms with Crippen molar-refractivity contribution >= 4 is 21.6 Å². The number of carbonyl (C=O) groups excluding carboxylic acids is 1. The van der Waals surface area contributed by atoms with Crippen LogP contribution in [0.25, 0.3) is 0 Å². The van der Waals surface area contributed by atoms with Crippen LogP contribution in [0.3, 0.4) is 0 Å². The first-order valence-corrected chi connectivity index (χ1v) is 12.9. The van der Waals surface area contributed by atoms with Crippen molar-refractivity contribution in [3.63, 3.8) is 0 Å². The Morgan fingerprint density at radius 3 is 2.26 bits per heavy atom. The van der Waals surface area contributed by atoms with Gasteiger partial charge in [-0.05, 0) is 85.7 Å². The van der Waals surface area contributed by atoms with Crippen LogP contribution in [0.15, 0.2) is 78.0 Å². The van der Waals surface area contributed by atoms with Crippen LogP contribution in [0.4, 0.5) is 5.69 Å². The van der Waals surface area contributed by atoms with E-state index in [0.29, 0.717) is 17.2 Å². The molecule has 1 aromatic heterocycles. The third-order valence-electron chi connectivity index (χ3n) is 6.25. The van der Waals surface area contributed by atoms with Crippen LogP contribution in [0.5, 0.6) is 5.75 Å². The number of hydrogen-bond acceptors (Lipinski definition) is 5. The number of aromatic nitrogens is 1. The van der Waals surface area contributed by atoms with E-state index in [1.807, 2.05) is 17.0 Å². The molecule has 1 saturated heterocycles. The number of anilines is 1. The summed E-state index contributed by atoms with van der Waals surface area (Å²) in [6.45, 7) is 1.44. The van der Waals surface area contributed by atoms with Gasteiger partial charge in [-0.3, -0.25) is 14.5 Å². The van der Waals surface area contributed by atoms with E-state index < -0.39 is 10.0 Å². The van der Waals surface area contributed by atoms with Gasteiger partial charge in [0.2, 0.25) is 0 Å². The molecule has 1 amide bonds. The van der Waals surface area contributed by atoms with E-state index in [0.717, 1.165) is 44.5 Å². The molecule has 0 bridgehead atoms. The zero-order valence-corrected chi connectivity index (χ0v) is 20.0. The molecule has 2 heterocycles. The predicted molar refractivity (Wildman–Crippen MR) is 131 cm³/mol. The Bertz CT molecular complexity index is 1190. The molecule has 0 atom stereocenters. The van der Waals surface area contributed by atoms with Crippen molar-refractivity contribution in [3.8, 4) is 5.75 Å². The van der Waals surface area contributed by atoms with Crippen LogP contribution in [-0.2, 0) is 16.4 Å². The summed E-state index contributed by atoms with van der Waals surface area (Å²) < 4.78 is 32.9. The maximum atomic E-state index is 12.9. The lowest BCUT2D eigenvalue weighted by molar-refractivity contribution is 0.0687. The number of sulfonamides is 1. The van der Waals surface area contributed by atoms with E-state index in [9.17, 15) is 13.2 Å². The molecular formula is C26H29N3O4S. The lowest BCUT2D eigenvalue weighted by Gasteiger charge is -2.32. The molecule has 1 aliphatic heterocycles. The zero-order valence-electron chi connectivity index (χ0n) is 19.2. The minimum absolute atomic E-state index is 0.0559. The highest BCUT2D eigenvalue weighted by Crippen LogP contribution is 2.25. The molecule has 0 unspecified atom stereocenters. The summed E-state index contributed by atoms with van der Waals surface area (Å²) in [7, 11) is -2.06. The molecular weight excluding hydrogens is 450 g/mol. The van der Waals surface area contributed by atoms with Gasteiger partial charge in [0, 0.05) is 31.0 Å². The van der Waals surface area contributed by atoms with Gasteiger partial charge in [0.1, 0.15) is 5.75 Å². The van der Waals surface area contributed by atoms with E-state index in [-0.39, 0.29) is 10.8 Å². The fraction of sp³-hybridized carbons (Fsp3) is 0.308. The van der Waals surface area contributed by atoms with Crippen molar-refractivity contribution in [2.24, 2.45) is 5.92 Å². The number of amides is 1. The summed E-state index contributed by atoms with van der Waals surface area (Å²) in [6.07, 6.45) is 7.11. The zero-order chi connectivity index (χ0) is 24.0. The predicted octanol–water partition coefficient (Wildman–Crippen LogP) is 4.38. The minimum atomic E-state index is -3.73. The SMILES string of the molecule is COc1ccc(CCC2CCN(C(=O)c3ccc(S(=O)(=O)Nc4ccncc4)cc3)CC2)cc1. The summed E-state index contributed by atoms with van der Waals surface area (Å²) in [5.74, 6) is 1.41. The topological polar surface area (TPSA) is 88.6 Å². The highest BCUT2D eigenvalue weighted by atomic mass is 32.2. The molecule has 0 radical (unpaired) electrons. The highest BCUT2D eigenvalue weighted by molar-refractivity contribution is 7.92. The Morgan fingerprint density at radius 1 is 1.00 bits per heavy atom. The first-order valence-electron chi connectivity index (χ1n) is 11.4. The van der Waals surface area contributed by atoms with Crippen LogP contribution in [0.2, 0.25) is 0 Å². The van der Waals surface area contributed by atoms with Crippen molar-refractivity contribution in [3.05, 3.63) is 84.2 Å². The van der Waals surface area contributed by atoms with E-state index in [4.69, 9.17) is 4.74 Å². The Kier molecular flexibility index (Phi) is 7.47. The van der Waals surface area contributed by atoms with Crippen molar-refractivity contribution in [2.45, 2.75) is 30.6 Å². The molecule has 3 aromatic rings. The molecule has 1 aliphatic rings. The lowest BCUT2D eigenvalue weighted by atomic mass is 9.90. The molecule has 7 nitrogen and oxygen atoms in total. The number of hydrogen-bond donors (Lipinski definition) is 1. The molecule has 0 spiro atoms. The monoisotopic (exact) mass is 479 g/mol. The van der Waals surface area contributed by atoms with E-state index >= 15 is 0 Å². The van der Waals surface area contributed by atoms with Crippen LogP contribution < -0.4 is 9.46 Å². The van der Waals surface area contributed by atoms with Gasteiger partial charge >= 0.3 is 0 Å². The summed E-state index contributed by atoms with van der Waals surface area (Å²) >= 11 is 0. The molecule has 0 aliphatic carbocycles. The molecule has 4 rings (SSSR count). The number of benzene rings is 2. The van der Waals surface area contributed by atoms with Crippen LogP contribution in [-0.4, -0.2) is 44.4 Å². The first kappa shape index (κ1) is 23.8. The van der Waals surface area contributed by atoms with Gasteiger partial charge < -0.3 is 9.64 Å². The number of carbonyl (C=O) groups is 1. The van der Waals surface area contributed by atoms with Crippen LogP contribution in [0, 0.1) is 5.92 Å². The summed E-state index contributed by atoms with van der Waals surface area (Å²) in [6, 6.07) is 17.5. The Morgan fingerprint density at radius 2 is 1.65 bits per heavy atom. The number of piperidine rings is 1. The number of likely N-dealkylation sites (tertiary alicyclic amines) is 1. The van der Waals surface area contributed by atoms with Gasteiger partial charge in [-0.15, -0.1) is 0 Å². The lowest BCUT2D eigenvalue weighted by Crippen LogP contribution is -2.38.